The maximum atomic E-state index is 10.3. The highest BCUT2D eigenvalue weighted by atomic mass is 32.1. The minimum atomic E-state index is 0.165. The third kappa shape index (κ3) is 3.65. The van der Waals surface area contributed by atoms with E-state index in [1.54, 1.807) is 24.7 Å². The number of H-pyrrole nitrogens is 1. The summed E-state index contributed by atoms with van der Waals surface area (Å²) >= 11 is 5.25. The summed E-state index contributed by atoms with van der Waals surface area (Å²) in [6, 6.07) is 9.20. The van der Waals surface area contributed by atoms with Crippen LogP contribution < -0.4 is 4.90 Å². The quantitative estimate of drug-likeness (QED) is 0.514. The number of nitrogens with one attached hydrogen (secondary N) is 1. The molecule has 0 aliphatic carbocycles. The molecule has 0 bridgehead atoms. The Labute approximate surface area is 156 Å². The molecule has 3 aromatic rings. The van der Waals surface area contributed by atoms with Crippen molar-refractivity contribution in [3.05, 3.63) is 53.1 Å². The van der Waals surface area contributed by atoms with E-state index in [1.165, 1.54) is 4.68 Å². The Morgan fingerprint density at radius 2 is 1.96 bits per heavy atom. The zero-order chi connectivity index (χ0) is 18.5. The van der Waals surface area contributed by atoms with E-state index in [-0.39, 0.29) is 5.75 Å². The summed E-state index contributed by atoms with van der Waals surface area (Å²) < 4.78 is 1.88. The summed E-state index contributed by atoms with van der Waals surface area (Å²) in [6.07, 6.45) is 4.93. The topological polar surface area (TPSA) is 82.3 Å². The van der Waals surface area contributed by atoms with Crippen molar-refractivity contribution >= 4 is 24.1 Å². The highest BCUT2D eigenvalue weighted by Crippen LogP contribution is 2.24. The highest BCUT2D eigenvalue weighted by molar-refractivity contribution is 7.71. The van der Waals surface area contributed by atoms with E-state index in [0.29, 0.717) is 16.2 Å². The fourth-order valence-corrected chi connectivity index (χ4v) is 2.81. The number of rotatable bonds is 6. The van der Waals surface area contributed by atoms with Gasteiger partial charge in [0.05, 0.1) is 6.21 Å². The van der Waals surface area contributed by atoms with Gasteiger partial charge in [-0.2, -0.15) is 14.9 Å². The molecule has 0 saturated heterocycles. The third-order valence-electron chi connectivity index (χ3n) is 4.04. The molecule has 0 spiro atoms. The third-order valence-corrected chi connectivity index (χ3v) is 4.31. The number of aromatic amines is 1. The summed E-state index contributed by atoms with van der Waals surface area (Å²) in [5.41, 5.74) is 2.41. The van der Waals surface area contributed by atoms with Gasteiger partial charge in [0.15, 0.2) is 5.82 Å². The molecule has 0 unspecified atom stereocenters. The van der Waals surface area contributed by atoms with Gasteiger partial charge in [-0.05, 0) is 50.3 Å². The van der Waals surface area contributed by atoms with Crippen molar-refractivity contribution in [1.29, 1.82) is 0 Å². The number of pyridine rings is 1. The number of aromatic hydroxyl groups is 1. The zero-order valence-corrected chi connectivity index (χ0v) is 15.4. The van der Waals surface area contributed by atoms with Gasteiger partial charge in [0.25, 0.3) is 0 Å². The van der Waals surface area contributed by atoms with Gasteiger partial charge in [0.2, 0.25) is 4.77 Å². The fraction of sp³-hybridized carbons (Fsp3) is 0.222. The van der Waals surface area contributed by atoms with Crippen LogP contribution in [-0.4, -0.2) is 44.3 Å². The van der Waals surface area contributed by atoms with Gasteiger partial charge in [-0.15, -0.1) is 0 Å². The van der Waals surface area contributed by atoms with Crippen molar-refractivity contribution < 1.29 is 5.11 Å². The number of hydrogen-bond donors (Lipinski definition) is 2. The molecule has 134 valence electrons. The van der Waals surface area contributed by atoms with Crippen LogP contribution in [0.5, 0.6) is 5.75 Å². The molecule has 0 amide bonds. The van der Waals surface area contributed by atoms with Crippen molar-refractivity contribution in [2.75, 3.05) is 18.0 Å². The first-order valence-corrected chi connectivity index (χ1v) is 8.75. The van der Waals surface area contributed by atoms with E-state index in [4.69, 9.17) is 12.2 Å². The molecule has 2 N–H and O–H groups in total. The molecule has 0 atom stereocenters. The van der Waals surface area contributed by atoms with E-state index >= 15 is 0 Å². The molecule has 0 saturated carbocycles. The average Bonchev–Trinajstić information content (AvgIpc) is 3.03. The van der Waals surface area contributed by atoms with E-state index in [0.717, 1.165) is 24.3 Å². The Kier molecular flexibility index (Phi) is 5.43. The number of anilines is 1. The van der Waals surface area contributed by atoms with Gasteiger partial charge in [-0.1, -0.05) is 0 Å². The summed E-state index contributed by atoms with van der Waals surface area (Å²) in [5.74, 6) is 0.742. The molecule has 26 heavy (non-hydrogen) atoms. The summed E-state index contributed by atoms with van der Waals surface area (Å²) in [7, 11) is 0. The maximum Gasteiger partial charge on any atom is 0.216 e. The molecule has 0 aliphatic rings. The van der Waals surface area contributed by atoms with Gasteiger partial charge < -0.3 is 10.0 Å². The molecule has 7 nitrogen and oxygen atoms in total. The Morgan fingerprint density at radius 3 is 2.62 bits per heavy atom. The average molecular weight is 368 g/mol. The van der Waals surface area contributed by atoms with Crippen LogP contribution in [-0.2, 0) is 0 Å². The second-order valence-electron chi connectivity index (χ2n) is 5.56. The van der Waals surface area contributed by atoms with Gasteiger partial charge >= 0.3 is 0 Å². The van der Waals surface area contributed by atoms with E-state index in [1.807, 2.05) is 24.3 Å². The van der Waals surface area contributed by atoms with Crippen LogP contribution in [0.25, 0.3) is 11.4 Å². The predicted octanol–water partition coefficient (Wildman–Crippen LogP) is 3.44. The number of benzene rings is 1. The molecule has 1 aromatic carbocycles. The second kappa shape index (κ2) is 7.92. The number of phenolic OH excluding ortho intramolecular Hbond substituents is 1. The molecule has 0 aliphatic heterocycles. The maximum absolute atomic E-state index is 10.3. The molecule has 2 heterocycles. The monoisotopic (exact) mass is 368 g/mol. The lowest BCUT2D eigenvalue weighted by Gasteiger charge is -2.21. The second-order valence-corrected chi connectivity index (χ2v) is 5.95. The van der Waals surface area contributed by atoms with Gasteiger partial charge in [-0.25, -0.2) is 5.10 Å². The van der Waals surface area contributed by atoms with Crippen LogP contribution in [0.1, 0.15) is 19.4 Å². The van der Waals surface area contributed by atoms with E-state index in [2.05, 4.69) is 39.0 Å². The number of phenols is 1. The number of hydrogen-bond acceptors (Lipinski definition) is 6. The van der Waals surface area contributed by atoms with E-state index < -0.39 is 0 Å². The minimum Gasteiger partial charge on any atom is -0.507 e. The van der Waals surface area contributed by atoms with Crippen LogP contribution in [0, 0.1) is 4.77 Å². The van der Waals surface area contributed by atoms with Crippen LogP contribution in [0.4, 0.5) is 5.69 Å². The van der Waals surface area contributed by atoms with Crippen LogP contribution >= 0.6 is 12.2 Å². The zero-order valence-electron chi connectivity index (χ0n) is 14.6. The number of nitrogens with zero attached hydrogens (tertiary/aromatic N) is 5. The Balaban J connectivity index is 1.92. The molecule has 8 heteroatoms. The fourth-order valence-electron chi connectivity index (χ4n) is 2.63. The van der Waals surface area contributed by atoms with Gasteiger partial charge in [0, 0.05) is 48.4 Å². The normalized spacial score (nSPS) is 11.2. The Hall–Kier alpha value is -3.00. The SMILES string of the molecule is CCN(CC)c1ccc(C=Nn2c(-c3ccncc3)n[nH]c2=S)c(O)c1. The molecular formula is C18H20N6OS. The van der Waals surface area contributed by atoms with Crippen molar-refractivity contribution in [2.24, 2.45) is 5.10 Å². The molecule has 3 rings (SSSR count). The summed E-state index contributed by atoms with van der Waals surface area (Å²) in [6.45, 7) is 5.92. The number of aromatic nitrogens is 4. The smallest absolute Gasteiger partial charge is 0.216 e. The first-order chi connectivity index (χ1) is 12.6. The highest BCUT2D eigenvalue weighted by Gasteiger charge is 2.09. The minimum absolute atomic E-state index is 0.165. The predicted molar refractivity (Wildman–Crippen MR) is 105 cm³/mol. The molecule has 0 fully saturated rings. The van der Waals surface area contributed by atoms with Crippen LogP contribution in [0.2, 0.25) is 0 Å². The van der Waals surface area contributed by atoms with Crippen molar-refractivity contribution in [1.82, 2.24) is 19.9 Å². The van der Waals surface area contributed by atoms with Crippen LogP contribution in [0.3, 0.4) is 0 Å². The van der Waals surface area contributed by atoms with Crippen molar-refractivity contribution in [3.63, 3.8) is 0 Å². The van der Waals surface area contributed by atoms with Crippen LogP contribution in [0.15, 0.2) is 47.8 Å². The van der Waals surface area contributed by atoms with E-state index in [9.17, 15) is 5.11 Å². The summed E-state index contributed by atoms with van der Waals surface area (Å²) in [4.78, 5) is 6.16. The lowest BCUT2D eigenvalue weighted by Crippen LogP contribution is -2.21. The largest absolute Gasteiger partial charge is 0.507 e. The van der Waals surface area contributed by atoms with Gasteiger partial charge in [-0.3, -0.25) is 4.98 Å². The lowest BCUT2D eigenvalue weighted by atomic mass is 10.2. The summed E-state index contributed by atoms with van der Waals surface area (Å²) in [5, 5.41) is 21.7. The molecule has 0 radical (unpaired) electrons. The lowest BCUT2D eigenvalue weighted by molar-refractivity contribution is 0.474. The molecule has 2 aromatic heterocycles. The first kappa shape index (κ1) is 17.8. The Bertz CT molecular complexity index is 959. The molecular weight excluding hydrogens is 348 g/mol. The standard InChI is InChI=1S/C18H20N6OS/c1-3-23(4-2)15-6-5-14(16(25)11-15)12-20-24-17(21-22-18(24)26)13-7-9-19-10-8-13/h5-12,25H,3-4H2,1-2H3,(H,22,26). The van der Waals surface area contributed by atoms with Gasteiger partial charge in [0.1, 0.15) is 5.75 Å². The Morgan fingerprint density at radius 1 is 1.23 bits per heavy atom. The van der Waals surface area contributed by atoms with Crippen molar-refractivity contribution in [3.8, 4) is 17.1 Å². The first-order valence-electron chi connectivity index (χ1n) is 8.34. The van der Waals surface area contributed by atoms with Crippen molar-refractivity contribution in [2.45, 2.75) is 13.8 Å².